The lowest BCUT2D eigenvalue weighted by molar-refractivity contribution is 0.626. The van der Waals surface area contributed by atoms with E-state index in [2.05, 4.69) is 10.6 Å². The first kappa shape index (κ1) is 12.4. The molecule has 0 aliphatic carbocycles. The fourth-order valence-electron chi connectivity index (χ4n) is 1.08. The highest BCUT2D eigenvalue weighted by Crippen LogP contribution is 2.01. The van der Waals surface area contributed by atoms with Crippen molar-refractivity contribution in [2.75, 3.05) is 6.54 Å². The fraction of sp³-hybridized carbons (Fsp3) is 0.273. The number of rotatable bonds is 4. The van der Waals surface area contributed by atoms with Gasteiger partial charge in [-0.1, -0.05) is 12.1 Å². The van der Waals surface area contributed by atoms with E-state index >= 15 is 0 Å². The van der Waals surface area contributed by atoms with Crippen LogP contribution in [0.1, 0.15) is 12.0 Å². The van der Waals surface area contributed by atoms with Crippen molar-refractivity contribution >= 4 is 17.3 Å². The van der Waals surface area contributed by atoms with Crippen LogP contribution < -0.4 is 10.6 Å². The number of nitrogens with one attached hydrogen (secondary N) is 2. The lowest BCUT2D eigenvalue weighted by Crippen LogP contribution is -2.35. The summed E-state index contributed by atoms with van der Waals surface area (Å²) in [6.07, 6.45) is 0.415. The molecule has 1 aromatic rings. The minimum atomic E-state index is -0.251. The Hall–Kier alpha value is -1.67. The lowest BCUT2D eigenvalue weighted by Gasteiger charge is -2.08. The van der Waals surface area contributed by atoms with E-state index < -0.39 is 0 Å². The molecule has 0 unspecified atom stereocenters. The van der Waals surface area contributed by atoms with Crippen LogP contribution in [-0.2, 0) is 6.54 Å². The molecular formula is C11H12FN3S. The first-order chi connectivity index (χ1) is 7.72. The summed E-state index contributed by atoms with van der Waals surface area (Å²) in [4.78, 5) is 0. The SMILES string of the molecule is N#CCCNC(=S)NCc1ccc(F)cc1. The van der Waals surface area contributed by atoms with E-state index in [1.807, 2.05) is 6.07 Å². The van der Waals surface area contributed by atoms with Gasteiger partial charge in [0.2, 0.25) is 0 Å². The van der Waals surface area contributed by atoms with Crippen LogP contribution in [0.2, 0.25) is 0 Å². The van der Waals surface area contributed by atoms with Crippen LogP contribution in [0.3, 0.4) is 0 Å². The molecule has 0 fully saturated rings. The second kappa shape index (κ2) is 6.75. The second-order valence-corrected chi connectivity index (χ2v) is 3.55. The maximum Gasteiger partial charge on any atom is 0.166 e. The average molecular weight is 237 g/mol. The summed E-state index contributed by atoms with van der Waals surface area (Å²) in [6.45, 7) is 1.07. The summed E-state index contributed by atoms with van der Waals surface area (Å²) < 4.78 is 12.6. The molecule has 0 aromatic heterocycles. The van der Waals surface area contributed by atoms with E-state index in [1.54, 1.807) is 12.1 Å². The highest BCUT2D eigenvalue weighted by molar-refractivity contribution is 7.80. The Bertz CT molecular complexity index is 383. The summed E-state index contributed by atoms with van der Waals surface area (Å²) in [5, 5.41) is 14.7. The average Bonchev–Trinajstić information content (AvgIpc) is 2.29. The van der Waals surface area contributed by atoms with Crippen molar-refractivity contribution in [2.24, 2.45) is 0 Å². The molecule has 1 aromatic carbocycles. The van der Waals surface area contributed by atoms with Crippen molar-refractivity contribution < 1.29 is 4.39 Å². The largest absolute Gasteiger partial charge is 0.362 e. The molecule has 0 radical (unpaired) electrons. The summed E-state index contributed by atoms with van der Waals surface area (Å²) in [6, 6.07) is 8.21. The van der Waals surface area contributed by atoms with Crippen molar-refractivity contribution in [2.45, 2.75) is 13.0 Å². The minimum absolute atomic E-state index is 0.251. The zero-order valence-electron chi connectivity index (χ0n) is 8.66. The van der Waals surface area contributed by atoms with E-state index in [0.29, 0.717) is 24.6 Å². The van der Waals surface area contributed by atoms with Crippen LogP contribution in [0, 0.1) is 17.1 Å². The number of nitriles is 1. The van der Waals surface area contributed by atoms with Crippen LogP contribution in [0.5, 0.6) is 0 Å². The van der Waals surface area contributed by atoms with Crippen molar-refractivity contribution in [3.63, 3.8) is 0 Å². The van der Waals surface area contributed by atoms with E-state index in [1.165, 1.54) is 12.1 Å². The first-order valence-corrected chi connectivity index (χ1v) is 5.26. The number of hydrogen-bond acceptors (Lipinski definition) is 2. The quantitative estimate of drug-likeness (QED) is 0.618. The molecule has 0 amide bonds. The molecular weight excluding hydrogens is 225 g/mol. The second-order valence-electron chi connectivity index (χ2n) is 3.14. The van der Waals surface area contributed by atoms with E-state index in [-0.39, 0.29) is 5.82 Å². The van der Waals surface area contributed by atoms with Crippen LogP contribution in [-0.4, -0.2) is 11.7 Å². The molecule has 0 bridgehead atoms. The molecule has 0 heterocycles. The zero-order valence-corrected chi connectivity index (χ0v) is 9.48. The number of nitrogens with zero attached hydrogens (tertiary/aromatic N) is 1. The van der Waals surface area contributed by atoms with Crippen molar-refractivity contribution in [1.29, 1.82) is 5.26 Å². The minimum Gasteiger partial charge on any atom is -0.362 e. The Morgan fingerprint density at radius 2 is 2.00 bits per heavy atom. The highest BCUT2D eigenvalue weighted by atomic mass is 32.1. The Morgan fingerprint density at radius 3 is 2.62 bits per heavy atom. The first-order valence-electron chi connectivity index (χ1n) is 4.85. The summed E-state index contributed by atoms with van der Waals surface area (Å²) >= 11 is 4.99. The van der Waals surface area contributed by atoms with Crippen molar-refractivity contribution in [3.05, 3.63) is 35.6 Å². The van der Waals surface area contributed by atoms with Gasteiger partial charge in [0.05, 0.1) is 12.5 Å². The molecule has 2 N–H and O–H groups in total. The number of halogens is 1. The van der Waals surface area contributed by atoms with E-state index in [9.17, 15) is 4.39 Å². The van der Waals surface area contributed by atoms with Gasteiger partial charge in [0, 0.05) is 13.1 Å². The van der Waals surface area contributed by atoms with E-state index in [0.717, 1.165) is 5.56 Å². The third-order valence-electron chi connectivity index (χ3n) is 1.89. The lowest BCUT2D eigenvalue weighted by atomic mass is 10.2. The number of thiocarbonyl (C=S) groups is 1. The molecule has 0 aliphatic rings. The zero-order chi connectivity index (χ0) is 11.8. The Labute approximate surface area is 99.3 Å². The standard InChI is InChI=1S/C11H12FN3S/c12-10-4-2-9(3-5-10)8-15-11(16)14-7-1-6-13/h2-5H,1,7-8H2,(H2,14,15,16). The van der Waals surface area contributed by atoms with Gasteiger partial charge in [-0.05, 0) is 29.9 Å². The molecule has 5 heteroatoms. The molecule has 16 heavy (non-hydrogen) atoms. The summed E-state index contributed by atoms with van der Waals surface area (Å²) in [5.41, 5.74) is 0.950. The van der Waals surface area contributed by atoms with Gasteiger partial charge in [-0.3, -0.25) is 0 Å². The molecule has 84 valence electrons. The monoisotopic (exact) mass is 237 g/mol. The van der Waals surface area contributed by atoms with Gasteiger partial charge in [0.15, 0.2) is 5.11 Å². The van der Waals surface area contributed by atoms with Crippen LogP contribution in [0.4, 0.5) is 4.39 Å². The van der Waals surface area contributed by atoms with Gasteiger partial charge >= 0.3 is 0 Å². The number of hydrogen-bond donors (Lipinski definition) is 2. The molecule has 0 atom stereocenters. The molecule has 0 saturated heterocycles. The Morgan fingerprint density at radius 1 is 1.31 bits per heavy atom. The highest BCUT2D eigenvalue weighted by Gasteiger charge is 1.96. The molecule has 0 saturated carbocycles. The predicted octanol–water partition coefficient (Wildman–Crippen LogP) is 1.70. The van der Waals surface area contributed by atoms with E-state index in [4.69, 9.17) is 17.5 Å². The molecule has 0 aliphatic heterocycles. The topological polar surface area (TPSA) is 47.9 Å². The fourth-order valence-corrected chi connectivity index (χ4v) is 1.25. The molecule has 3 nitrogen and oxygen atoms in total. The van der Waals surface area contributed by atoms with Gasteiger partial charge in [-0.25, -0.2) is 4.39 Å². The predicted molar refractivity (Wildman–Crippen MR) is 64.1 cm³/mol. The number of benzene rings is 1. The van der Waals surface area contributed by atoms with Crippen molar-refractivity contribution in [3.8, 4) is 6.07 Å². The molecule has 1 rings (SSSR count). The smallest absolute Gasteiger partial charge is 0.166 e. The van der Waals surface area contributed by atoms with Gasteiger partial charge in [-0.2, -0.15) is 5.26 Å². The maximum absolute atomic E-state index is 12.6. The Kier molecular flexibility index (Phi) is 5.23. The van der Waals surface area contributed by atoms with Gasteiger partial charge in [0.25, 0.3) is 0 Å². The Balaban J connectivity index is 2.26. The van der Waals surface area contributed by atoms with Gasteiger partial charge in [-0.15, -0.1) is 0 Å². The third kappa shape index (κ3) is 4.71. The maximum atomic E-state index is 12.6. The van der Waals surface area contributed by atoms with Crippen molar-refractivity contribution in [1.82, 2.24) is 10.6 Å². The van der Waals surface area contributed by atoms with Gasteiger partial charge in [0.1, 0.15) is 5.82 Å². The van der Waals surface area contributed by atoms with Gasteiger partial charge < -0.3 is 10.6 Å². The molecule has 0 spiro atoms. The van der Waals surface area contributed by atoms with Crippen LogP contribution in [0.25, 0.3) is 0 Å². The van der Waals surface area contributed by atoms with Crippen LogP contribution >= 0.6 is 12.2 Å². The summed E-state index contributed by atoms with van der Waals surface area (Å²) in [7, 11) is 0. The van der Waals surface area contributed by atoms with Crippen LogP contribution in [0.15, 0.2) is 24.3 Å². The normalized spacial score (nSPS) is 9.25. The summed E-state index contributed by atoms with van der Waals surface area (Å²) in [5.74, 6) is -0.251. The third-order valence-corrected chi connectivity index (χ3v) is 2.18.